The number of hydrogen-bond donors (Lipinski definition) is 0. The minimum atomic E-state index is -0.600. The molecule has 0 aliphatic heterocycles. The molecule has 0 N–H and O–H groups in total. The highest BCUT2D eigenvalue weighted by molar-refractivity contribution is 9.10. The molecule has 0 atom stereocenters. The van der Waals surface area contributed by atoms with E-state index in [4.69, 9.17) is 34.8 Å². The van der Waals surface area contributed by atoms with E-state index in [9.17, 15) is 4.79 Å². The molecule has 1 rings (SSSR count). The van der Waals surface area contributed by atoms with Crippen LogP contribution in [0.3, 0.4) is 0 Å². The van der Waals surface area contributed by atoms with E-state index < -0.39 is 5.24 Å². The molecule has 5 heteroatoms. The normalized spacial score (nSPS) is 10.0. The van der Waals surface area contributed by atoms with Crippen LogP contribution < -0.4 is 0 Å². The second-order valence-corrected chi connectivity index (χ2v) is 3.92. The Morgan fingerprint density at radius 1 is 1.33 bits per heavy atom. The fourth-order valence-electron chi connectivity index (χ4n) is 0.678. The zero-order valence-electron chi connectivity index (χ0n) is 5.57. The first-order chi connectivity index (χ1) is 5.54. The van der Waals surface area contributed by atoms with Crippen LogP contribution in [-0.2, 0) is 0 Å². The highest BCUT2D eigenvalue weighted by Crippen LogP contribution is 2.33. The summed E-state index contributed by atoms with van der Waals surface area (Å²) in [5.41, 5.74) is 0.245. The van der Waals surface area contributed by atoms with Gasteiger partial charge in [-0.2, -0.15) is 0 Å². The highest BCUT2D eigenvalue weighted by Gasteiger charge is 2.12. The Bertz CT molecular complexity index is 338. The van der Waals surface area contributed by atoms with Gasteiger partial charge in [-0.25, -0.2) is 0 Å². The second kappa shape index (κ2) is 3.97. The Labute approximate surface area is 92.7 Å². The minimum Gasteiger partial charge on any atom is -0.276 e. The summed E-state index contributed by atoms with van der Waals surface area (Å²) in [6, 6.07) is 3.03. The SMILES string of the molecule is O=C(Cl)c1ccc(Cl)c(Br)c1Cl. The van der Waals surface area contributed by atoms with Gasteiger partial charge < -0.3 is 0 Å². The predicted molar refractivity (Wildman–Crippen MR) is 54.3 cm³/mol. The Balaban J connectivity index is 3.36. The van der Waals surface area contributed by atoms with E-state index in [1.165, 1.54) is 6.07 Å². The predicted octanol–water partition coefficient (Wildman–Crippen LogP) is 4.13. The highest BCUT2D eigenvalue weighted by atomic mass is 79.9. The number of carbonyl (C=O) groups is 1. The second-order valence-electron chi connectivity index (χ2n) is 2.00. The molecule has 0 saturated heterocycles. The van der Waals surface area contributed by atoms with Gasteiger partial charge in [0.05, 0.1) is 20.1 Å². The molecule has 0 radical (unpaired) electrons. The summed E-state index contributed by atoms with van der Waals surface area (Å²) in [5.74, 6) is 0. The Morgan fingerprint density at radius 3 is 2.42 bits per heavy atom. The van der Waals surface area contributed by atoms with E-state index in [1.54, 1.807) is 6.07 Å². The van der Waals surface area contributed by atoms with Crippen molar-refractivity contribution in [3.05, 3.63) is 32.2 Å². The molecule has 1 aromatic rings. The Morgan fingerprint density at radius 2 is 1.92 bits per heavy atom. The summed E-state index contributed by atoms with van der Waals surface area (Å²) in [6.45, 7) is 0. The Kier molecular flexibility index (Phi) is 3.41. The lowest BCUT2D eigenvalue weighted by Crippen LogP contribution is -1.90. The van der Waals surface area contributed by atoms with Gasteiger partial charge in [-0.15, -0.1) is 0 Å². The Hall–Kier alpha value is 0.240. The molecule has 0 spiro atoms. The summed E-state index contributed by atoms with van der Waals surface area (Å²) in [7, 11) is 0. The molecule has 0 aliphatic rings. The lowest BCUT2D eigenvalue weighted by molar-refractivity contribution is 0.108. The number of halogens is 4. The minimum absolute atomic E-state index is 0.238. The largest absolute Gasteiger partial charge is 0.276 e. The van der Waals surface area contributed by atoms with Crippen LogP contribution in [0.5, 0.6) is 0 Å². The molecule has 0 aliphatic carbocycles. The maximum absolute atomic E-state index is 10.7. The van der Waals surface area contributed by atoms with Crippen molar-refractivity contribution >= 4 is 56.0 Å². The molecule has 0 amide bonds. The van der Waals surface area contributed by atoms with Crippen molar-refractivity contribution in [3.63, 3.8) is 0 Å². The van der Waals surface area contributed by atoms with Crippen LogP contribution in [0.15, 0.2) is 16.6 Å². The van der Waals surface area contributed by atoms with E-state index in [-0.39, 0.29) is 10.6 Å². The fourth-order valence-corrected chi connectivity index (χ4v) is 1.69. The first-order valence-electron chi connectivity index (χ1n) is 2.87. The van der Waals surface area contributed by atoms with Crippen molar-refractivity contribution in [1.82, 2.24) is 0 Å². The van der Waals surface area contributed by atoms with Gasteiger partial charge in [-0.05, 0) is 39.7 Å². The molecule has 1 aromatic carbocycles. The third-order valence-corrected chi connectivity index (χ3v) is 3.44. The molecule has 0 bridgehead atoms. The van der Waals surface area contributed by atoms with Gasteiger partial charge in [-0.1, -0.05) is 23.2 Å². The number of hydrogen-bond acceptors (Lipinski definition) is 1. The van der Waals surface area contributed by atoms with Crippen LogP contribution >= 0.6 is 50.7 Å². The molecule has 0 heterocycles. The summed E-state index contributed by atoms with van der Waals surface area (Å²) >= 11 is 19.8. The van der Waals surface area contributed by atoms with Gasteiger partial charge in [-0.3, -0.25) is 4.79 Å². The molecular formula is C7H2BrCl3O. The van der Waals surface area contributed by atoms with Crippen LogP contribution in [0.4, 0.5) is 0 Å². The topological polar surface area (TPSA) is 17.1 Å². The first-order valence-corrected chi connectivity index (χ1v) is 4.80. The van der Waals surface area contributed by atoms with Crippen molar-refractivity contribution in [1.29, 1.82) is 0 Å². The zero-order chi connectivity index (χ0) is 9.30. The lowest BCUT2D eigenvalue weighted by Gasteiger charge is -2.01. The van der Waals surface area contributed by atoms with Crippen LogP contribution in [0.2, 0.25) is 10.0 Å². The van der Waals surface area contributed by atoms with E-state index in [0.29, 0.717) is 9.50 Å². The van der Waals surface area contributed by atoms with Crippen molar-refractivity contribution in [2.24, 2.45) is 0 Å². The van der Waals surface area contributed by atoms with Crippen LogP contribution in [0, 0.1) is 0 Å². The van der Waals surface area contributed by atoms with Crippen LogP contribution in [0.1, 0.15) is 10.4 Å². The molecule has 64 valence electrons. The summed E-state index contributed by atoms with van der Waals surface area (Å²) in [5, 5.41) is 0.0848. The van der Waals surface area contributed by atoms with E-state index in [0.717, 1.165) is 0 Å². The molecular weight excluding hydrogens is 286 g/mol. The number of carbonyl (C=O) groups excluding carboxylic acids is 1. The maximum atomic E-state index is 10.7. The van der Waals surface area contributed by atoms with Gasteiger partial charge in [0.25, 0.3) is 5.24 Å². The van der Waals surface area contributed by atoms with Crippen LogP contribution in [0.25, 0.3) is 0 Å². The third-order valence-electron chi connectivity index (χ3n) is 1.25. The van der Waals surface area contributed by atoms with Gasteiger partial charge in [0.2, 0.25) is 0 Å². The number of benzene rings is 1. The van der Waals surface area contributed by atoms with Gasteiger partial charge in [0, 0.05) is 0 Å². The van der Waals surface area contributed by atoms with E-state index >= 15 is 0 Å². The maximum Gasteiger partial charge on any atom is 0.253 e. The molecule has 1 nitrogen and oxygen atoms in total. The first kappa shape index (κ1) is 10.3. The number of rotatable bonds is 1. The van der Waals surface area contributed by atoms with E-state index in [2.05, 4.69) is 15.9 Å². The standard InChI is InChI=1S/C7H2BrCl3O/c8-5-4(9)2-1-3(6(5)10)7(11)12/h1-2H. The van der Waals surface area contributed by atoms with Crippen molar-refractivity contribution < 1.29 is 4.79 Å². The molecule has 0 aromatic heterocycles. The van der Waals surface area contributed by atoms with E-state index in [1.807, 2.05) is 0 Å². The molecule has 12 heavy (non-hydrogen) atoms. The zero-order valence-corrected chi connectivity index (χ0v) is 9.43. The van der Waals surface area contributed by atoms with Gasteiger partial charge in [0.1, 0.15) is 0 Å². The molecule has 0 unspecified atom stereocenters. The quantitative estimate of drug-likeness (QED) is 0.561. The van der Waals surface area contributed by atoms with Gasteiger partial charge >= 0.3 is 0 Å². The van der Waals surface area contributed by atoms with Crippen molar-refractivity contribution in [2.75, 3.05) is 0 Å². The average molecular weight is 288 g/mol. The van der Waals surface area contributed by atoms with Gasteiger partial charge in [0.15, 0.2) is 0 Å². The van der Waals surface area contributed by atoms with Crippen LogP contribution in [-0.4, -0.2) is 5.24 Å². The summed E-state index contributed by atoms with van der Waals surface area (Å²) in [6.07, 6.45) is 0. The summed E-state index contributed by atoms with van der Waals surface area (Å²) < 4.78 is 0.484. The van der Waals surface area contributed by atoms with Crippen molar-refractivity contribution in [3.8, 4) is 0 Å². The molecule has 0 fully saturated rings. The van der Waals surface area contributed by atoms with Crippen molar-refractivity contribution in [2.45, 2.75) is 0 Å². The summed E-state index contributed by atoms with van der Waals surface area (Å²) in [4.78, 5) is 10.7. The monoisotopic (exact) mass is 286 g/mol. The lowest BCUT2D eigenvalue weighted by atomic mass is 10.2. The fraction of sp³-hybridized carbons (Fsp3) is 0. The average Bonchev–Trinajstić information content (AvgIpc) is 2.00. The smallest absolute Gasteiger partial charge is 0.253 e. The molecule has 0 saturated carbocycles. The third kappa shape index (κ3) is 1.94.